The molecule has 1 aromatic heterocycles. The Morgan fingerprint density at radius 1 is 1.28 bits per heavy atom. The van der Waals surface area contributed by atoms with Gasteiger partial charge in [-0.2, -0.15) is 0 Å². The second-order valence-electron chi connectivity index (χ2n) is 6.72. The zero-order valence-corrected chi connectivity index (χ0v) is 17.3. The molecule has 0 fully saturated rings. The minimum absolute atomic E-state index is 0.165. The maximum absolute atomic E-state index is 12.9. The van der Waals surface area contributed by atoms with Crippen molar-refractivity contribution < 1.29 is 9.53 Å². The third-order valence-electron chi connectivity index (χ3n) is 4.57. The summed E-state index contributed by atoms with van der Waals surface area (Å²) in [6, 6.07) is 11.5. The zero-order chi connectivity index (χ0) is 21.0. The molecule has 0 radical (unpaired) electrons. The number of hydrogen-bond acceptors (Lipinski definition) is 4. The number of nitrogens with one attached hydrogen (secondary N) is 2. The number of anilines is 1. The van der Waals surface area contributed by atoms with Gasteiger partial charge in [-0.1, -0.05) is 29.8 Å². The number of rotatable bonds is 6. The van der Waals surface area contributed by atoms with E-state index in [2.05, 4.69) is 15.6 Å². The lowest BCUT2D eigenvalue weighted by molar-refractivity contribution is 0.184. The predicted octanol–water partition coefficient (Wildman–Crippen LogP) is 3.89. The number of benzene rings is 2. The average molecular weight is 415 g/mol. The van der Waals surface area contributed by atoms with Gasteiger partial charge in [0.2, 0.25) is 0 Å². The van der Waals surface area contributed by atoms with Gasteiger partial charge in [-0.3, -0.25) is 9.36 Å². The fourth-order valence-corrected chi connectivity index (χ4v) is 3.19. The SMILES string of the molecule is COCCn1c([C@@H](C)NC(=O)Nc2ccc(C)c(Cl)c2)nc2ccccc2c1=O. The quantitative estimate of drug-likeness (QED) is 0.640. The molecule has 0 saturated carbocycles. The van der Waals surface area contributed by atoms with Crippen molar-refractivity contribution in [3.8, 4) is 0 Å². The van der Waals surface area contributed by atoms with Crippen LogP contribution in [0, 0.1) is 6.92 Å². The fraction of sp³-hybridized carbons (Fsp3) is 0.286. The van der Waals surface area contributed by atoms with E-state index in [1.54, 1.807) is 48.9 Å². The van der Waals surface area contributed by atoms with Crippen molar-refractivity contribution in [1.82, 2.24) is 14.9 Å². The van der Waals surface area contributed by atoms with Gasteiger partial charge in [-0.15, -0.1) is 0 Å². The number of carbonyl (C=O) groups excluding carboxylic acids is 1. The molecule has 2 amide bonds. The maximum atomic E-state index is 12.9. The Morgan fingerprint density at radius 3 is 2.76 bits per heavy atom. The van der Waals surface area contributed by atoms with Gasteiger partial charge in [-0.25, -0.2) is 9.78 Å². The molecule has 0 aliphatic carbocycles. The number of hydrogen-bond donors (Lipinski definition) is 2. The van der Waals surface area contributed by atoms with Crippen molar-refractivity contribution in [2.45, 2.75) is 26.4 Å². The number of amides is 2. The number of aromatic nitrogens is 2. The molecular formula is C21H23ClN4O3. The van der Waals surface area contributed by atoms with Crippen molar-refractivity contribution in [1.29, 1.82) is 0 Å². The Hall–Kier alpha value is -2.90. The van der Waals surface area contributed by atoms with Crippen molar-refractivity contribution in [3.63, 3.8) is 0 Å². The van der Waals surface area contributed by atoms with E-state index in [4.69, 9.17) is 16.3 Å². The first-order chi connectivity index (χ1) is 13.9. The van der Waals surface area contributed by atoms with E-state index in [9.17, 15) is 9.59 Å². The number of nitrogens with zero attached hydrogens (tertiary/aromatic N) is 2. The number of carbonyl (C=O) groups is 1. The normalized spacial score (nSPS) is 12.0. The topological polar surface area (TPSA) is 85.2 Å². The van der Waals surface area contributed by atoms with E-state index < -0.39 is 12.1 Å². The van der Waals surface area contributed by atoms with Crippen molar-refractivity contribution >= 4 is 34.2 Å². The Balaban J connectivity index is 1.86. The standard InChI is InChI=1S/C21H23ClN4O3/c1-13-8-9-15(12-17(13)22)24-21(28)23-14(2)19-25-18-7-5-4-6-16(18)20(27)26(19)10-11-29-3/h4-9,12,14H,10-11H2,1-3H3,(H2,23,24,28)/t14-/m1/s1. The predicted molar refractivity (Wildman–Crippen MR) is 115 cm³/mol. The number of aryl methyl sites for hydroxylation is 1. The van der Waals surface area contributed by atoms with Crippen molar-refractivity contribution in [2.75, 3.05) is 19.0 Å². The van der Waals surface area contributed by atoms with Crippen LogP contribution in [0.1, 0.15) is 24.4 Å². The first kappa shape index (κ1) is 20.8. The zero-order valence-electron chi connectivity index (χ0n) is 16.5. The first-order valence-electron chi connectivity index (χ1n) is 9.22. The molecule has 2 N–H and O–H groups in total. The number of methoxy groups -OCH3 is 1. The molecule has 29 heavy (non-hydrogen) atoms. The highest BCUT2D eigenvalue weighted by atomic mass is 35.5. The molecule has 0 unspecified atom stereocenters. The van der Waals surface area contributed by atoms with Crippen LogP contribution in [0.4, 0.5) is 10.5 Å². The molecule has 152 valence electrons. The van der Waals surface area contributed by atoms with Crippen LogP contribution >= 0.6 is 11.6 Å². The second-order valence-corrected chi connectivity index (χ2v) is 7.13. The number of halogens is 1. The molecule has 8 heteroatoms. The van der Waals surface area contributed by atoms with Crippen LogP contribution in [0.25, 0.3) is 10.9 Å². The average Bonchev–Trinajstić information content (AvgIpc) is 2.70. The van der Waals surface area contributed by atoms with Gasteiger partial charge in [0, 0.05) is 17.8 Å². The van der Waals surface area contributed by atoms with E-state index in [1.165, 1.54) is 0 Å². The lowest BCUT2D eigenvalue weighted by Gasteiger charge is -2.20. The van der Waals surface area contributed by atoms with Crippen LogP contribution in [0.3, 0.4) is 0 Å². The Labute approximate surface area is 173 Å². The summed E-state index contributed by atoms with van der Waals surface area (Å²) >= 11 is 6.11. The molecule has 0 saturated heterocycles. The van der Waals surface area contributed by atoms with Gasteiger partial charge >= 0.3 is 6.03 Å². The highest BCUT2D eigenvalue weighted by Crippen LogP contribution is 2.20. The summed E-state index contributed by atoms with van der Waals surface area (Å²) in [5.74, 6) is 0.461. The lowest BCUT2D eigenvalue weighted by atomic mass is 10.2. The molecule has 0 aliphatic rings. The molecule has 2 aromatic carbocycles. The Morgan fingerprint density at radius 2 is 2.03 bits per heavy atom. The number of fused-ring (bicyclic) bond motifs is 1. The molecule has 0 bridgehead atoms. The van der Waals surface area contributed by atoms with Crippen LogP contribution in [0.5, 0.6) is 0 Å². The van der Waals surface area contributed by atoms with Crippen molar-refractivity contribution in [2.24, 2.45) is 0 Å². The van der Waals surface area contributed by atoms with Crippen LogP contribution in [-0.2, 0) is 11.3 Å². The highest BCUT2D eigenvalue weighted by molar-refractivity contribution is 6.31. The third-order valence-corrected chi connectivity index (χ3v) is 4.98. The summed E-state index contributed by atoms with van der Waals surface area (Å²) in [5.41, 5.74) is 1.92. The molecular weight excluding hydrogens is 392 g/mol. The number of urea groups is 1. The Kier molecular flexibility index (Phi) is 6.51. The number of para-hydroxylation sites is 1. The van der Waals surface area contributed by atoms with Gasteiger partial charge in [-0.05, 0) is 43.7 Å². The van der Waals surface area contributed by atoms with Crippen LogP contribution in [0.15, 0.2) is 47.3 Å². The third kappa shape index (κ3) is 4.75. The van der Waals surface area contributed by atoms with Crippen LogP contribution in [-0.4, -0.2) is 29.3 Å². The largest absolute Gasteiger partial charge is 0.383 e. The molecule has 3 aromatic rings. The Bertz CT molecular complexity index is 1100. The van der Waals surface area contributed by atoms with E-state index in [-0.39, 0.29) is 5.56 Å². The summed E-state index contributed by atoms with van der Waals surface area (Å²) in [5, 5.41) is 6.68. The summed E-state index contributed by atoms with van der Waals surface area (Å²) in [4.78, 5) is 30.0. The number of ether oxygens (including phenoxy) is 1. The van der Waals surface area contributed by atoms with Gasteiger partial charge in [0.05, 0.1) is 30.1 Å². The summed E-state index contributed by atoms with van der Waals surface area (Å²) in [6.45, 7) is 4.36. The van der Waals surface area contributed by atoms with Gasteiger partial charge in [0.25, 0.3) is 5.56 Å². The van der Waals surface area contributed by atoms with Crippen LogP contribution in [0.2, 0.25) is 5.02 Å². The molecule has 3 rings (SSSR count). The highest BCUT2D eigenvalue weighted by Gasteiger charge is 2.18. The molecule has 1 heterocycles. The second kappa shape index (κ2) is 9.07. The lowest BCUT2D eigenvalue weighted by Crippen LogP contribution is -2.36. The minimum atomic E-state index is -0.509. The smallest absolute Gasteiger partial charge is 0.319 e. The van der Waals surface area contributed by atoms with E-state index in [1.807, 2.05) is 19.1 Å². The summed E-state index contributed by atoms with van der Waals surface area (Å²) in [7, 11) is 1.57. The van der Waals surface area contributed by atoms with E-state index >= 15 is 0 Å². The molecule has 0 spiro atoms. The van der Waals surface area contributed by atoms with Gasteiger partial charge in [0.1, 0.15) is 5.82 Å². The molecule has 1 atom stereocenters. The van der Waals surface area contributed by atoms with E-state index in [0.29, 0.717) is 40.6 Å². The van der Waals surface area contributed by atoms with Gasteiger partial charge < -0.3 is 15.4 Å². The van der Waals surface area contributed by atoms with Gasteiger partial charge in [0.15, 0.2) is 0 Å². The summed E-state index contributed by atoms with van der Waals surface area (Å²) in [6.07, 6.45) is 0. The summed E-state index contributed by atoms with van der Waals surface area (Å²) < 4.78 is 6.67. The maximum Gasteiger partial charge on any atom is 0.319 e. The molecule has 7 nitrogen and oxygen atoms in total. The van der Waals surface area contributed by atoms with Crippen molar-refractivity contribution in [3.05, 3.63) is 69.2 Å². The van der Waals surface area contributed by atoms with Crippen LogP contribution < -0.4 is 16.2 Å². The van der Waals surface area contributed by atoms with E-state index in [0.717, 1.165) is 5.56 Å². The first-order valence-corrected chi connectivity index (χ1v) is 9.60. The monoisotopic (exact) mass is 414 g/mol. The minimum Gasteiger partial charge on any atom is -0.383 e. The molecule has 0 aliphatic heterocycles. The fourth-order valence-electron chi connectivity index (χ4n) is 3.01.